The van der Waals surface area contributed by atoms with Crippen molar-refractivity contribution in [2.75, 3.05) is 25.4 Å². The molecule has 1 amide bonds. The molecule has 6 nitrogen and oxygen atoms in total. The van der Waals surface area contributed by atoms with Crippen molar-refractivity contribution < 1.29 is 4.79 Å². The lowest BCUT2D eigenvalue weighted by atomic mass is 10.1. The van der Waals surface area contributed by atoms with E-state index < -0.39 is 0 Å². The Morgan fingerprint density at radius 3 is 2.80 bits per heavy atom. The number of thiophene rings is 1. The number of carbonyl (C=O) groups excluding carboxylic acids is 1. The molecule has 1 N–H and O–H groups in total. The number of hydrogen-bond donors (Lipinski definition) is 1. The topological polar surface area (TPSA) is 63.1 Å². The fraction of sp³-hybridized carbons (Fsp3) is 0.409. The largest absolute Gasteiger partial charge is 0.353 e. The Hall–Kier alpha value is -2.16. The lowest BCUT2D eigenvalue weighted by Crippen LogP contribution is -2.37. The minimum Gasteiger partial charge on any atom is -0.353 e. The van der Waals surface area contributed by atoms with Crippen LogP contribution in [0.25, 0.3) is 5.69 Å². The molecule has 0 saturated carbocycles. The third-order valence-corrected chi connectivity index (χ3v) is 7.48. The molecule has 4 rings (SSSR count). The van der Waals surface area contributed by atoms with Crippen molar-refractivity contribution in [3.8, 4) is 5.69 Å². The lowest BCUT2D eigenvalue weighted by molar-refractivity contribution is -0.118. The number of carbonyl (C=O) groups is 1. The first-order chi connectivity index (χ1) is 14.6. The molecule has 1 atom stereocenters. The van der Waals surface area contributed by atoms with Crippen LogP contribution in [0.5, 0.6) is 0 Å². The number of thioether (sulfide) groups is 1. The van der Waals surface area contributed by atoms with Crippen LogP contribution in [-0.4, -0.2) is 51.0 Å². The Bertz CT molecular complexity index is 979. The molecule has 1 aromatic carbocycles. The number of amides is 1. The zero-order chi connectivity index (χ0) is 20.9. The van der Waals surface area contributed by atoms with Gasteiger partial charge in [0, 0.05) is 17.1 Å². The van der Waals surface area contributed by atoms with Crippen molar-refractivity contribution in [1.29, 1.82) is 0 Å². The zero-order valence-corrected chi connectivity index (χ0v) is 19.0. The molecule has 0 bridgehead atoms. The second kappa shape index (κ2) is 9.76. The number of nitrogens with one attached hydrogen (secondary N) is 1. The van der Waals surface area contributed by atoms with Crippen LogP contribution in [0.3, 0.4) is 0 Å². The summed E-state index contributed by atoms with van der Waals surface area (Å²) < 4.78 is 1.93. The molecule has 3 aromatic rings. The first kappa shape index (κ1) is 21.1. The molecule has 1 aliphatic rings. The highest BCUT2D eigenvalue weighted by atomic mass is 32.2. The van der Waals surface area contributed by atoms with Gasteiger partial charge in [0.15, 0.2) is 5.16 Å². The molecule has 8 heteroatoms. The Balaban J connectivity index is 1.35. The van der Waals surface area contributed by atoms with Crippen molar-refractivity contribution in [2.24, 2.45) is 0 Å². The van der Waals surface area contributed by atoms with Gasteiger partial charge in [0.1, 0.15) is 6.33 Å². The summed E-state index contributed by atoms with van der Waals surface area (Å²) in [6.07, 6.45) is 4.17. The summed E-state index contributed by atoms with van der Waals surface area (Å²) in [4.78, 5) is 16.4. The van der Waals surface area contributed by atoms with Gasteiger partial charge < -0.3 is 5.32 Å². The van der Waals surface area contributed by atoms with E-state index in [2.05, 4.69) is 70.0 Å². The van der Waals surface area contributed by atoms with Crippen molar-refractivity contribution in [3.05, 3.63) is 58.0 Å². The van der Waals surface area contributed by atoms with E-state index in [4.69, 9.17) is 0 Å². The van der Waals surface area contributed by atoms with Gasteiger partial charge in [0.2, 0.25) is 5.91 Å². The molecule has 30 heavy (non-hydrogen) atoms. The van der Waals surface area contributed by atoms with Gasteiger partial charge in [-0.25, -0.2) is 0 Å². The molecule has 1 fully saturated rings. The predicted molar refractivity (Wildman–Crippen MR) is 122 cm³/mol. The standard InChI is InChI=1S/C22H27N5OS2/c1-16-7-8-18(12-17(16)2)27-15-24-25-22(27)30-14-21(28)23-13-19(20-6-5-11-29-20)26-9-3-4-10-26/h5-8,11-12,15,19H,3-4,9-10,13-14H2,1-2H3,(H,23,28). The van der Waals surface area contributed by atoms with Crippen LogP contribution in [0.4, 0.5) is 0 Å². The molecule has 158 valence electrons. The van der Waals surface area contributed by atoms with Crippen molar-refractivity contribution in [3.63, 3.8) is 0 Å². The van der Waals surface area contributed by atoms with Gasteiger partial charge >= 0.3 is 0 Å². The fourth-order valence-corrected chi connectivity index (χ4v) is 5.33. The van der Waals surface area contributed by atoms with Crippen LogP contribution in [0.1, 0.15) is 34.9 Å². The van der Waals surface area contributed by atoms with Crippen molar-refractivity contribution in [1.82, 2.24) is 25.0 Å². The Labute approximate surface area is 185 Å². The molecule has 1 saturated heterocycles. The lowest BCUT2D eigenvalue weighted by Gasteiger charge is -2.26. The normalized spacial score (nSPS) is 15.4. The molecular formula is C22H27N5OS2. The molecule has 2 aromatic heterocycles. The van der Waals surface area contributed by atoms with Gasteiger partial charge in [-0.1, -0.05) is 23.9 Å². The third kappa shape index (κ3) is 4.94. The van der Waals surface area contributed by atoms with Gasteiger partial charge in [-0.3, -0.25) is 14.3 Å². The average molecular weight is 442 g/mol. The van der Waals surface area contributed by atoms with Gasteiger partial charge in [-0.2, -0.15) is 0 Å². The number of hydrogen-bond acceptors (Lipinski definition) is 6. The van der Waals surface area contributed by atoms with Gasteiger partial charge in [-0.15, -0.1) is 21.5 Å². The second-order valence-electron chi connectivity index (χ2n) is 7.62. The van der Waals surface area contributed by atoms with Crippen LogP contribution >= 0.6 is 23.1 Å². The van der Waals surface area contributed by atoms with Crippen molar-refractivity contribution >= 4 is 29.0 Å². The van der Waals surface area contributed by atoms with E-state index in [1.54, 1.807) is 17.7 Å². The smallest absolute Gasteiger partial charge is 0.230 e. The molecule has 0 spiro atoms. The second-order valence-corrected chi connectivity index (χ2v) is 9.54. The zero-order valence-electron chi connectivity index (χ0n) is 17.4. The van der Waals surface area contributed by atoms with Gasteiger partial charge in [0.05, 0.1) is 11.8 Å². The first-order valence-corrected chi connectivity index (χ1v) is 12.1. The number of benzene rings is 1. The summed E-state index contributed by atoms with van der Waals surface area (Å²) in [5.74, 6) is 0.344. The van der Waals surface area contributed by atoms with E-state index in [0.29, 0.717) is 12.3 Å². The van der Waals surface area contributed by atoms with Gasteiger partial charge in [-0.05, 0) is 74.5 Å². The summed E-state index contributed by atoms with van der Waals surface area (Å²) in [6, 6.07) is 10.8. The number of rotatable bonds is 8. The Kier molecular flexibility index (Phi) is 6.86. The van der Waals surface area contributed by atoms with E-state index in [0.717, 1.165) is 23.9 Å². The van der Waals surface area contributed by atoms with E-state index >= 15 is 0 Å². The summed E-state index contributed by atoms with van der Waals surface area (Å²) >= 11 is 3.18. The van der Waals surface area contributed by atoms with Crippen LogP contribution in [0.2, 0.25) is 0 Å². The minimum atomic E-state index is 0.0235. The highest BCUT2D eigenvalue weighted by Crippen LogP contribution is 2.28. The SMILES string of the molecule is Cc1ccc(-n2cnnc2SCC(=O)NCC(c2cccs2)N2CCCC2)cc1C. The van der Waals surface area contributed by atoms with E-state index in [9.17, 15) is 4.79 Å². The quantitative estimate of drug-likeness (QED) is 0.536. The van der Waals surface area contributed by atoms with E-state index in [1.165, 1.54) is 40.6 Å². The van der Waals surface area contributed by atoms with Crippen LogP contribution in [0.15, 0.2) is 47.2 Å². The maximum absolute atomic E-state index is 12.6. The van der Waals surface area contributed by atoms with Crippen LogP contribution < -0.4 is 5.32 Å². The minimum absolute atomic E-state index is 0.0235. The predicted octanol–water partition coefficient (Wildman–Crippen LogP) is 3.99. The highest BCUT2D eigenvalue weighted by molar-refractivity contribution is 7.99. The first-order valence-electron chi connectivity index (χ1n) is 10.3. The maximum Gasteiger partial charge on any atom is 0.230 e. The number of aryl methyl sites for hydroxylation is 2. The fourth-order valence-electron chi connectivity index (χ4n) is 3.71. The maximum atomic E-state index is 12.6. The van der Waals surface area contributed by atoms with Crippen LogP contribution in [0, 0.1) is 13.8 Å². The Morgan fingerprint density at radius 1 is 1.23 bits per heavy atom. The Morgan fingerprint density at radius 2 is 2.07 bits per heavy atom. The summed E-state index contributed by atoms with van der Waals surface area (Å²) in [6.45, 7) is 7.03. The van der Waals surface area contributed by atoms with Crippen LogP contribution in [-0.2, 0) is 4.79 Å². The molecular weight excluding hydrogens is 414 g/mol. The number of aromatic nitrogens is 3. The van der Waals surface area contributed by atoms with Crippen molar-refractivity contribution in [2.45, 2.75) is 37.9 Å². The molecule has 0 radical (unpaired) electrons. The molecule has 3 heterocycles. The highest BCUT2D eigenvalue weighted by Gasteiger charge is 2.24. The summed E-state index contributed by atoms with van der Waals surface area (Å²) in [7, 11) is 0. The monoisotopic (exact) mass is 441 g/mol. The molecule has 1 unspecified atom stereocenters. The van der Waals surface area contributed by atoms with E-state index in [1.807, 2.05) is 4.57 Å². The summed E-state index contributed by atoms with van der Waals surface area (Å²) in [5.41, 5.74) is 3.48. The molecule has 1 aliphatic heterocycles. The number of likely N-dealkylation sites (tertiary alicyclic amines) is 1. The third-order valence-electron chi connectivity index (χ3n) is 5.56. The van der Waals surface area contributed by atoms with E-state index in [-0.39, 0.29) is 11.9 Å². The average Bonchev–Trinajstić information content (AvgIpc) is 3.51. The van der Waals surface area contributed by atoms with Gasteiger partial charge in [0.25, 0.3) is 0 Å². The summed E-state index contributed by atoms with van der Waals surface area (Å²) in [5, 5.41) is 14.2. The number of nitrogens with zero attached hydrogens (tertiary/aromatic N) is 4. The molecule has 0 aliphatic carbocycles.